The molecule has 0 bridgehead atoms. The van der Waals surface area contributed by atoms with Gasteiger partial charge in [-0.15, -0.1) is 0 Å². The van der Waals surface area contributed by atoms with Crippen molar-refractivity contribution in [2.75, 3.05) is 17.4 Å². The number of hydrogen-bond donors (Lipinski definition) is 1. The van der Waals surface area contributed by atoms with Crippen molar-refractivity contribution in [3.8, 4) is 0 Å². The van der Waals surface area contributed by atoms with Gasteiger partial charge in [0.1, 0.15) is 18.4 Å². The highest BCUT2D eigenvalue weighted by Crippen LogP contribution is 2.25. The van der Waals surface area contributed by atoms with Gasteiger partial charge < -0.3 is 10.2 Å². The van der Waals surface area contributed by atoms with E-state index in [9.17, 15) is 22.4 Å². The van der Waals surface area contributed by atoms with Crippen LogP contribution in [0.25, 0.3) is 0 Å². The van der Waals surface area contributed by atoms with E-state index in [2.05, 4.69) is 5.32 Å². The van der Waals surface area contributed by atoms with Crippen molar-refractivity contribution in [1.82, 2.24) is 10.2 Å². The third kappa shape index (κ3) is 6.95. The van der Waals surface area contributed by atoms with E-state index in [0.29, 0.717) is 13.0 Å². The summed E-state index contributed by atoms with van der Waals surface area (Å²) < 4.78 is 41.9. The Hall–Kier alpha value is -3.72. The van der Waals surface area contributed by atoms with Crippen LogP contribution in [0.4, 0.5) is 10.1 Å². The van der Waals surface area contributed by atoms with Gasteiger partial charge in [-0.2, -0.15) is 0 Å². The van der Waals surface area contributed by atoms with Crippen LogP contribution in [0.15, 0.2) is 83.8 Å². The van der Waals surface area contributed by atoms with Crippen molar-refractivity contribution >= 4 is 27.5 Å². The van der Waals surface area contributed by atoms with Crippen LogP contribution in [0, 0.1) is 12.7 Å². The molecule has 1 unspecified atom stereocenters. The van der Waals surface area contributed by atoms with Crippen LogP contribution in [0.1, 0.15) is 31.4 Å². The molecule has 196 valence electrons. The minimum absolute atomic E-state index is 0.00650. The molecule has 0 radical (unpaired) electrons. The Morgan fingerprint density at radius 1 is 0.919 bits per heavy atom. The second-order valence-electron chi connectivity index (χ2n) is 8.63. The number of rotatable bonds is 11. The van der Waals surface area contributed by atoms with Gasteiger partial charge in [0.15, 0.2) is 0 Å². The number of anilines is 1. The maximum atomic E-state index is 13.8. The van der Waals surface area contributed by atoms with Gasteiger partial charge in [-0.25, -0.2) is 12.8 Å². The molecule has 1 atom stereocenters. The molecule has 0 saturated carbocycles. The highest BCUT2D eigenvalue weighted by Gasteiger charge is 2.33. The molecule has 0 aromatic heterocycles. The molecule has 0 spiro atoms. The number of nitrogens with one attached hydrogen (secondary N) is 1. The lowest BCUT2D eigenvalue weighted by atomic mass is 10.1. The van der Waals surface area contributed by atoms with Gasteiger partial charge in [0.2, 0.25) is 11.8 Å². The Balaban J connectivity index is 2.03. The normalized spacial score (nSPS) is 12.0. The van der Waals surface area contributed by atoms with Crippen LogP contribution in [0.3, 0.4) is 0 Å². The predicted octanol–water partition coefficient (Wildman–Crippen LogP) is 4.27. The highest BCUT2D eigenvalue weighted by atomic mass is 32.2. The molecule has 0 aliphatic rings. The van der Waals surface area contributed by atoms with Gasteiger partial charge in [-0.3, -0.25) is 13.9 Å². The van der Waals surface area contributed by atoms with Crippen LogP contribution in [-0.2, 0) is 26.2 Å². The summed E-state index contributed by atoms with van der Waals surface area (Å²) in [7, 11) is -4.17. The predicted molar refractivity (Wildman–Crippen MR) is 142 cm³/mol. The first kappa shape index (κ1) is 27.9. The lowest BCUT2D eigenvalue weighted by Gasteiger charge is -2.33. The summed E-state index contributed by atoms with van der Waals surface area (Å²) in [6.07, 6.45) is 0.339. The lowest BCUT2D eigenvalue weighted by Crippen LogP contribution is -2.52. The van der Waals surface area contributed by atoms with Crippen molar-refractivity contribution in [2.24, 2.45) is 0 Å². The van der Waals surface area contributed by atoms with Crippen LogP contribution < -0.4 is 9.62 Å². The van der Waals surface area contributed by atoms with Gasteiger partial charge in [-0.1, -0.05) is 55.0 Å². The molecule has 3 aromatic rings. The largest absolute Gasteiger partial charge is 0.355 e. The molecular formula is C28H32FN3O4S. The van der Waals surface area contributed by atoms with Gasteiger partial charge in [0.05, 0.1) is 10.6 Å². The van der Waals surface area contributed by atoms with Gasteiger partial charge in [0.25, 0.3) is 10.0 Å². The fraction of sp³-hybridized carbons (Fsp3) is 0.286. The van der Waals surface area contributed by atoms with Crippen LogP contribution in [-0.4, -0.2) is 44.3 Å². The first-order chi connectivity index (χ1) is 17.7. The van der Waals surface area contributed by atoms with Crippen molar-refractivity contribution < 1.29 is 22.4 Å². The Labute approximate surface area is 218 Å². The topological polar surface area (TPSA) is 86.8 Å². The smallest absolute Gasteiger partial charge is 0.264 e. The summed E-state index contributed by atoms with van der Waals surface area (Å²) in [4.78, 5) is 28.1. The minimum atomic E-state index is -4.17. The molecule has 7 nitrogen and oxygen atoms in total. The fourth-order valence-corrected chi connectivity index (χ4v) is 5.39. The maximum absolute atomic E-state index is 13.8. The number of nitrogens with zero attached hydrogens (tertiary/aromatic N) is 2. The molecule has 0 aliphatic carbocycles. The van der Waals surface area contributed by atoms with Crippen LogP contribution in [0.2, 0.25) is 0 Å². The molecule has 0 saturated heterocycles. The molecule has 1 N–H and O–H groups in total. The summed E-state index contributed by atoms with van der Waals surface area (Å²) >= 11 is 0. The number of halogens is 1. The molecule has 0 fully saturated rings. The first-order valence-corrected chi connectivity index (χ1v) is 13.6. The fourth-order valence-electron chi connectivity index (χ4n) is 3.96. The van der Waals surface area contributed by atoms with E-state index < -0.39 is 34.3 Å². The first-order valence-electron chi connectivity index (χ1n) is 12.1. The quantitative estimate of drug-likeness (QED) is 0.405. The average Bonchev–Trinajstić information content (AvgIpc) is 2.89. The Bertz CT molecular complexity index is 1300. The molecular weight excluding hydrogens is 493 g/mol. The summed E-state index contributed by atoms with van der Waals surface area (Å²) in [5.41, 5.74) is 2.00. The minimum Gasteiger partial charge on any atom is -0.355 e. The number of aryl methyl sites for hydroxylation is 1. The van der Waals surface area contributed by atoms with E-state index in [4.69, 9.17) is 0 Å². The van der Waals surface area contributed by atoms with E-state index in [1.165, 1.54) is 29.2 Å². The van der Waals surface area contributed by atoms with Gasteiger partial charge >= 0.3 is 0 Å². The monoisotopic (exact) mass is 525 g/mol. The van der Waals surface area contributed by atoms with Gasteiger partial charge in [0, 0.05) is 13.1 Å². The molecule has 0 aliphatic heterocycles. The lowest BCUT2D eigenvalue weighted by molar-refractivity contribution is -0.140. The molecule has 3 rings (SSSR count). The number of likely N-dealkylation sites (N-methyl/N-ethyl adjacent to an activating group) is 1. The third-order valence-electron chi connectivity index (χ3n) is 5.94. The maximum Gasteiger partial charge on any atom is 0.264 e. The number of hydrogen-bond acceptors (Lipinski definition) is 4. The van der Waals surface area contributed by atoms with E-state index >= 15 is 0 Å². The Morgan fingerprint density at radius 3 is 2.11 bits per heavy atom. The van der Waals surface area contributed by atoms with Crippen LogP contribution in [0.5, 0.6) is 0 Å². The van der Waals surface area contributed by atoms with Gasteiger partial charge in [-0.05, 0) is 62.2 Å². The number of sulfonamides is 1. The van der Waals surface area contributed by atoms with Crippen molar-refractivity contribution in [3.63, 3.8) is 0 Å². The summed E-state index contributed by atoms with van der Waals surface area (Å²) in [5, 5.41) is 2.77. The zero-order valence-electron chi connectivity index (χ0n) is 21.2. The van der Waals surface area contributed by atoms with Crippen LogP contribution >= 0.6 is 0 Å². The molecule has 37 heavy (non-hydrogen) atoms. The highest BCUT2D eigenvalue weighted by molar-refractivity contribution is 7.92. The summed E-state index contributed by atoms with van der Waals surface area (Å²) in [6, 6.07) is 19.4. The molecule has 9 heteroatoms. The average molecular weight is 526 g/mol. The second kappa shape index (κ2) is 12.5. The molecule has 2 amide bonds. The molecule has 0 heterocycles. The van der Waals surface area contributed by atoms with E-state index in [1.54, 1.807) is 32.0 Å². The summed E-state index contributed by atoms with van der Waals surface area (Å²) in [6.45, 7) is 5.49. The second-order valence-corrected chi connectivity index (χ2v) is 10.5. The summed E-state index contributed by atoms with van der Waals surface area (Å²) in [5.74, 6) is -1.40. The zero-order valence-corrected chi connectivity index (χ0v) is 22.0. The SMILES string of the molecule is CCNC(=O)C(CC)N(Cc1ccc(C)cc1)C(=O)CN(c1ccc(F)cc1)S(=O)(=O)c1ccccc1. The van der Waals surface area contributed by atoms with Crippen molar-refractivity contribution in [2.45, 2.75) is 44.7 Å². The number of carbonyl (C=O) groups is 2. The van der Waals surface area contributed by atoms with E-state index in [-0.39, 0.29) is 23.0 Å². The third-order valence-corrected chi connectivity index (χ3v) is 7.72. The van der Waals surface area contributed by atoms with E-state index in [1.807, 2.05) is 31.2 Å². The van der Waals surface area contributed by atoms with E-state index in [0.717, 1.165) is 27.6 Å². The zero-order chi connectivity index (χ0) is 27.0. The van der Waals surface area contributed by atoms with Crippen molar-refractivity contribution in [3.05, 3.63) is 95.8 Å². The Morgan fingerprint density at radius 2 is 1.54 bits per heavy atom. The molecule has 3 aromatic carbocycles. The number of benzene rings is 3. The van der Waals surface area contributed by atoms with Crippen molar-refractivity contribution in [1.29, 1.82) is 0 Å². The number of carbonyl (C=O) groups excluding carboxylic acids is 2. The standard InChI is InChI=1S/C28H32FN3O4S/c1-4-26(28(34)30-5-2)31(19-22-13-11-21(3)12-14-22)27(33)20-32(24-17-15-23(29)16-18-24)37(35,36)25-9-7-6-8-10-25/h6-18,26H,4-5,19-20H2,1-3H3,(H,30,34). The number of amides is 2. The Kier molecular flexibility index (Phi) is 9.41.